The number of fused-ring (bicyclic) bond motifs is 1. The lowest BCUT2D eigenvalue weighted by atomic mass is 10.0. The smallest absolute Gasteiger partial charge is 0.331 e. The van der Waals surface area contributed by atoms with Crippen LogP contribution >= 0.6 is 15.9 Å². The lowest BCUT2D eigenvalue weighted by Crippen LogP contribution is -2.47. The molecule has 2 unspecified atom stereocenters. The Kier molecular flexibility index (Phi) is 6.74. The molecule has 11 heteroatoms. The molecule has 1 aliphatic heterocycles. The van der Waals surface area contributed by atoms with E-state index in [1.807, 2.05) is 13.8 Å². The van der Waals surface area contributed by atoms with Gasteiger partial charge in [-0.3, -0.25) is 14.9 Å². The number of halogens is 1. The van der Waals surface area contributed by atoms with E-state index >= 15 is 0 Å². The van der Waals surface area contributed by atoms with Crippen LogP contribution in [0, 0.1) is 16.0 Å². The first-order chi connectivity index (χ1) is 14.7. The third-order valence-electron chi connectivity index (χ3n) is 4.82. The molecule has 1 aromatic heterocycles. The van der Waals surface area contributed by atoms with Crippen molar-refractivity contribution in [3.05, 3.63) is 56.7 Å². The number of benzene rings is 1. The fourth-order valence-corrected chi connectivity index (χ4v) is 3.69. The summed E-state index contributed by atoms with van der Waals surface area (Å²) in [7, 11) is 0. The number of amides is 1. The van der Waals surface area contributed by atoms with Gasteiger partial charge in [-0.25, -0.2) is 9.78 Å². The summed E-state index contributed by atoms with van der Waals surface area (Å²) < 4.78 is 6.60. The molecule has 0 fully saturated rings. The van der Waals surface area contributed by atoms with E-state index in [-0.39, 0.29) is 24.7 Å². The maximum Gasteiger partial charge on any atom is 0.331 e. The minimum atomic E-state index is -1.23. The van der Waals surface area contributed by atoms with Gasteiger partial charge >= 0.3 is 5.97 Å². The van der Waals surface area contributed by atoms with Gasteiger partial charge in [0.05, 0.1) is 4.92 Å². The molecule has 2 N–H and O–H groups in total. The Morgan fingerprint density at radius 2 is 2.13 bits per heavy atom. The predicted octanol–water partition coefficient (Wildman–Crippen LogP) is 3.24. The number of carboxylic acid groups (broad SMARTS) is 1. The molecule has 2 heterocycles. The summed E-state index contributed by atoms with van der Waals surface area (Å²) in [4.78, 5) is 40.8. The highest BCUT2D eigenvalue weighted by atomic mass is 79.9. The number of aromatic nitrogens is 1. The van der Waals surface area contributed by atoms with Gasteiger partial charge in [-0.2, -0.15) is 0 Å². The average Bonchev–Trinajstić information content (AvgIpc) is 2.83. The monoisotopic (exact) mass is 492 g/mol. The predicted molar refractivity (Wildman–Crippen MR) is 115 cm³/mol. The Morgan fingerprint density at radius 1 is 1.39 bits per heavy atom. The van der Waals surface area contributed by atoms with Gasteiger partial charge in [0.25, 0.3) is 11.6 Å². The molecule has 2 aromatic rings. The maximum absolute atomic E-state index is 13.2. The molecular weight excluding hydrogens is 472 g/mol. The van der Waals surface area contributed by atoms with E-state index in [9.17, 15) is 24.8 Å². The van der Waals surface area contributed by atoms with Crippen LogP contribution < -0.4 is 10.1 Å². The van der Waals surface area contributed by atoms with Gasteiger partial charge in [0, 0.05) is 29.2 Å². The number of nitrogens with zero attached hydrogens (tertiary/aromatic N) is 3. The SMILES string of the molecule is CC(C)C1Oc2ccc(Br)cc2C(C(=O)O)N(CCNc2ccc([N+](=O)[O-])cn2)C1=O. The Bertz CT molecular complexity index is 998. The molecular formula is C20H21BrN4O6. The van der Waals surface area contributed by atoms with E-state index in [0.717, 1.165) is 6.20 Å². The molecule has 0 saturated carbocycles. The van der Waals surface area contributed by atoms with Crippen molar-refractivity contribution in [3.8, 4) is 5.75 Å². The van der Waals surface area contributed by atoms with E-state index in [4.69, 9.17) is 4.74 Å². The van der Waals surface area contributed by atoms with Gasteiger partial charge < -0.3 is 20.1 Å². The average molecular weight is 493 g/mol. The number of hydrogen-bond acceptors (Lipinski definition) is 7. The first-order valence-corrected chi connectivity index (χ1v) is 10.3. The van der Waals surface area contributed by atoms with Crippen LogP contribution in [0.1, 0.15) is 25.5 Å². The molecule has 1 amide bonds. The lowest BCUT2D eigenvalue weighted by Gasteiger charge is -2.29. The van der Waals surface area contributed by atoms with Crippen LogP contribution in [0.5, 0.6) is 5.75 Å². The lowest BCUT2D eigenvalue weighted by molar-refractivity contribution is -0.385. The van der Waals surface area contributed by atoms with Crippen LogP contribution in [-0.2, 0) is 9.59 Å². The van der Waals surface area contributed by atoms with E-state index in [0.29, 0.717) is 21.6 Å². The molecule has 3 rings (SSSR count). The molecule has 31 heavy (non-hydrogen) atoms. The van der Waals surface area contributed by atoms with Crippen LogP contribution in [0.4, 0.5) is 11.5 Å². The fraction of sp³-hybridized carbons (Fsp3) is 0.350. The zero-order valence-corrected chi connectivity index (χ0v) is 18.4. The van der Waals surface area contributed by atoms with E-state index in [2.05, 4.69) is 26.2 Å². The van der Waals surface area contributed by atoms with Crippen LogP contribution in [0.2, 0.25) is 0 Å². The quantitative estimate of drug-likeness (QED) is 0.444. The molecule has 0 saturated heterocycles. The first-order valence-electron chi connectivity index (χ1n) is 9.52. The second-order valence-corrected chi connectivity index (χ2v) is 8.24. The van der Waals surface area contributed by atoms with Gasteiger partial charge in [-0.1, -0.05) is 29.8 Å². The fourth-order valence-electron chi connectivity index (χ4n) is 3.32. The molecule has 1 aliphatic rings. The standard InChI is InChI=1S/C20H21BrN4O6/c1-11(2)18-19(26)24(8-7-22-16-6-4-13(10-23-16)25(29)30)17(20(27)28)14-9-12(21)3-5-15(14)31-18/h3-6,9-11,17-18H,7-8H2,1-2H3,(H,22,23)(H,27,28). The molecule has 1 aromatic carbocycles. The van der Waals surface area contributed by atoms with E-state index in [1.54, 1.807) is 18.2 Å². The second kappa shape index (κ2) is 9.29. The van der Waals surface area contributed by atoms with Crippen molar-refractivity contribution in [1.82, 2.24) is 9.88 Å². The van der Waals surface area contributed by atoms with Crippen molar-refractivity contribution in [2.45, 2.75) is 26.0 Å². The molecule has 0 bridgehead atoms. The Morgan fingerprint density at radius 3 is 2.71 bits per heavy atom. The van der Waals surface area contributed by atoms with Crippen molar-refractivity contribution in [2.75, 3.05) is 18.4 Å². The number of carboxylic acids is 1. The largest absolute Gasteiger partial charge is 0.480 e. The summed E-state index contributed by atoms with van der Waals surface area (Å²) in [5.74, 6) is -1.04. The third kappa shape index (κ3) is 4.93. The first kappa shape index (κ1) is 22.5. The van der Waals surface area contributed by atoms with Gasteiger partial charge in [-0.15, -0.1) is 0 Å². The van der Waals surface area contributed by atoms with Crippen molar-refractivity contribution in [1.29, 1.82) is 0 Å². The maximum atomic E-state index is 13.2. The van der Waals surface area contributed by atoms with E-state index in [1.165, 1.54) is 17.0 Å². The number of hydrogen-bond donors (Lipinski definition) is 2. The Labute approximate surface area is 186 Å². The van der Waals surface area contributed by atoms with Crippen molar-refractivity contribution >= 4 is 39.3 Å². The highest BCUT2D eigenvalue weighted by Gasteiger charge is 2.41. The number of aliphatic carboxylic acids is 1. The van der Waals surface area contributed by atoms with Crippen LogP contribution in [-0.4, -0.2) is 51.0 Å². The molecule has 0 aliphatic carbocycles. The van der Waals surface area contributed by atoms with E-state index < -0.39 is 28.9 Å². The number of nitrogens with one attached hydrogen (secondary N) is 1. The van der Waals surface area contributed by atoms with Gasteiger partial charge in [-0.05, 0) is 30.2 Å². The molecule has 0 spiro atoms. The zero-order valence-electron chi connectivity index (χ0n) is 16.8. The highest BCUT2D eigenvalue weighted by Crippen LogP contribution is 2.37. The summed E-state index contributed by atoms with van der Waals surface area (Å²) in [6.45, 7) is 3.92. The topological polar surface area (TPSA) is 135 Å². The summed E-state index contributed by atoms with van der Waals surface area (Å²) in [5.41, 5.74) is 0.241. The molecule has 2 atom stereocenters. The number of carbonyl (C=O) groups is 2. The molecule has 0 radical (unpaired) electrons. The van der Waals surface area contributed by atoms with Crippen LogP contribution in [0.15, 0.2) is 41.0 Å². The zero-order chi connectivity index (χ0) is 22.7. The second-order valence-electron chi connectivity index (χ2n) is 7.32. The number of anilines is 1. The van der Waals surface area contributed by atoms with Crippen molar-refractivity contribution in [2.24, 2.45) is 5.92 Å². The summed E-state index contributed by atoms with van der Waals surface area (Å²) in [6, 6.07) is 6.56. The minimum Gasteiger partial charge on any atom is -0.480 e. The van der Waals surface area contributed by atoms with Crippen LogP contribution in [0.3, 0.4) is 0 Å². The number of ether oxygens (including phenoxy) is 1. The van der Waals surface area contributed by atoms with Crippen LogP contribution in [0.25, 0.3) is 0 Å². The van der Waals surface area contributed by atoms with Crippen molar-refractivity contribution < 1.29 is 24.4 Å². The van der Waals surface area contributed by atoms with Gasteiger partial charge in [0.15, 0.2) is 12.1 Å². The number of pyridine rings is 1. The van der Waals surface area contributed by atoms with Gasteiger partial charge in [0.1, 0.15) is 17.8 Å². The Balaban J connectivity index is 1.86. The Hall–Kier alpha value is -3.21. The molecule has 164 valence electrons. The highest BCUT2D eigenvalue weighted by molar-refractivity contribution is 9.10. The summed E-state index contributed by atoms with van der Waals surface area (Å²) in [5, 5.41) is 23.7. The minimum absolute atomic E-state index is 0.0625. The van der Waals surface area contributed by atoms with Crippen molar-refractivity contribution in [3.63, 3.8) is 0 Å². The summed E-state index contributed by atoms with van der Waals surface area (Å²) in [6.07, 6.45) is 0.289. The van der Waals surface area contributed by atoms with Gasteiger partial charge in [0.2, 0.25) is 0 Å². The number of carbonyl (C=O) groups excluding carboxylic acids is 1. The number of nitro groups is 1. The third-order valence-corrected chi connectivity index (χ3v) is 5.31. The number of rotatable bonds is 7. The normalized spacial score (nSPS) is 18.2. The molecule has 10 nitrogen and oxygen atoms in total. The summed E-state index contributed by atoms with van der Waals surface area (Å²) >= 11 is 3.35.